The molecule has 5 heteroatoms. The second-order valence-corrected chi connectivity index (χ2v) is 9.62. The Balaban J connectivity index is 1.13. The van der Waals surface area contributed by atoms with Gasteiger partial charge in [0, 0.05) is 10.5 Å². The van der Waals surface area contributed by atoms with E-state index in [4.69, 9.17) is 18.9 Å². The van der Waals surface area contributed by atoms with Gasteiger partial charge in [-0.1, -0.05) is 0 Å². The lowest BCUT2D eigenvalue weighted by molar-refractivity contribution is -0.0900. The Morgan fingerprint density at radius 3 is 1.35 bits per heavy atom. The summed E-state index contributed by atoms with van der Waals surface area (Å²) in [7, 11) is 0. The molecule has 2 saturated carbocycles. The van der Waals surface area contributed by atoms with Crippen LogP contribution in [-0.4, -0.2) is 47.5 Å². The molecule has 4 nitrogen and oxygen atoms in total. The second-order valence-electron chi connectivity index (χ2n) is 8.01. The maximum absolute atomic E-state index is 6.03. The van der Waals surface area contributed by atoms with E-state index in [0.717, 1.165) is 23.7 Å². The molecule has 2 saturated heterocycles. The van der Waals surface area contributed by atoms with Crippen molar-refractivity contribution in [2.75, 3.05) is 13.2 Å². The molecule has 2 aliphatic heterocycles. The predicted molar refractivity (Wildman–Crippen MR) is 90.6 cm³/mol. The van der Waals surface area contributed by atoms with Crippen molar-refractivity contribution in [1.82, 2.24) is 0 Å². The van der Waals surface area contributed by atoms with Crippen molar-refractivity contribution < 1.29 is 18.9 Å². The largest absolute Gasteiger partial charge is 0.345 e. The van der Waals surface area contributed by atoms with Crippen molar-refractivity contribution in [3.05, 3.63) is 0 Å². The zero-order valence-electron chi connectivity index (χ0n) is 14.4. The normalized spacial score (nSPS) is 49.8. The number of hydrogen-bond acceptors (Lipinski definition) is 5. The fraction of sp³-hybridized carbons (Fsp3) is 1.00. The van der Waals surface area contributed by atoms with Gasteiger partial charge in [0.2, 0.25) is 0 Å². The number of hydrogen-bond donors (Lipinski definition) is 0. The van der Waals surface area contributed by atoms with Gasteiger partial charge in [0.15, 0.2) is 11.6 Å². The van der Waals surface area contributed by atoms with Gasteiger partial charge in [-0.15, -0.1) is 0 Å². The fourth-order valence-corrected chi connectivity index (χ4v) is 5.52. The molecule has 2 aliphatic carbocycles. The lowest BCUT2D eigenvalue weighted by Gasteiger charge is -2.34. The minimum Gasteiger partial charge on any atom is -0.345 e. The van der Waals surface area contributed by atoms with Crippen LogP contribution in [0, 0.1) is 0 Å². The summed E-state index contributed by atoms with van der Waals surface area (Å²) in [6.07, 6.45) is 10.8. The molecule has 23 heavy (non-hydrogen) atoms. The highest BCUT2D eigenvalue weighted by Gasteiger charge is 2.44. The van der Waals surface area contributed by atoms with E-state index in [0.29, 0.717) is 12.2 Å². The minimum atomic E-state index is -0.245. The van der Waals surface area contributed by atoms with Crippen LogP contribution in [0.25, 0.3) is 0 Å². The van der Waals surface area contributed by atoms with Crippen LogP contribution in [0.4, 0.5) is 0 Å². The summed E-state index contributed by atoms with van der Waals surface area (Å²) in [4.78, 5) is 0. The van der Waals surface area contributed by atoms with Gasteiger partial charge < -0.3 is 18.9 Å². The third-order valence-corrected chi connectivity index (χ3v) is 7.27. The van der Waals surface area contributed by atoms with Crippen LogP contribution in [0.3, 0.4) is 0 Å². The highest BCUT2D eigenvalue weighted by atomic mass is 32.2. The summed E-state index contributed by atoms with van der Waals surface area (Å²) < 4.78 is 22.8. The van der Waals surface area contributed by atoms with Gasteiger partial charge in [-0.3, -0.25) is 0 Å². The minimum absolute atomic E-state index is 0.245. The lowest BCUT2D eigenvalue weighted by Crippen LogP contribution is -2.31. The van der Waals surface area contributed by atoms with Gasteiger partial charge in [-0.05, 0) is 65.2 Å². The van der Waals surface area contributed by atoms with Gasteiger partial charge >= 0.3 is 0 Å². The molecule has 2 unspecified atom stereocenters. The van der Waals surface area contributed by atoms with Crippen molar-refractivity contribution in [1.29, 1.82) is 0 Å². The first kappa shape index (κ1) is 16.6. The average Bonchev–Trinajstić information content (AvgIpc) is 3.44. The van der Waals surface area contributed by atoms with Crippen LogP contribution in [0.1, 0.15) is 65.2 Å². The van der Waals surface area contributed by atoms with E-state index < -0.39 is 0 Å². The molecule has 2 atom stereocenters. The molecule has 132 valence electrons. The summed E-state index contributed by atoms with van der Waals surface area (Å²) in [6, 6.07) is 0. The zero-order chi connectivity index (χ0) is 15.9. The summed E-state index contributed by atoms with van der Waals surface area (Å²) in [6.45, 7) is 5.66. The molecule has 0 aromatic rings. The highest BCUT2D eigenvalue weighted by Crippen LogP contribution is 2.41. The van der Waals surface area contributed by atoms with E-state index in [-0.39, 0.29) is 11.6 Å². The molecule has 0 bridgehead atoms. The Bertz CT molecular complexity index is 367. The van der Waals surface area contributed by atoms with E-state index in [1.54, 1.807) is 0 Å². The predicted octanol–water partition coefficient (Wildman–Crippen LogP) is 3.87. The zero-order valence-corrected chi connectivity index (χ0v) is 15.2. The van der Waals surface area contributed by atoms with Gasteiger partial charge in [0.05, 0.1) is 12.2 Å². The number of epoxide rings is 2. The van der Waals surface area contributed by atoms with E-state index in [9.17, 15) is 0 Å². The summed E-state index contributed by atoms with van der Waals surface area (Å²) in [5.41, 5.74) is 0. The SMILES string of the molecule is CC1(OC2CCC(SC3CCC(OC4(C)CO4)CC3)CC2)CO1. The Hall–Kier alpha value is 0.190. The van der Waals surface area contributed by atoms with Gasteiger partial charge in [0.25, 0.3) is 0 Å². The molecule has 0 aromatic heterocycles. The monoisotopic (exact) mass is 342 g/mol. The number of ether oxygens (including phenoxy) is 4. The van der Waals surface area contributed by atoms with Crippen LogP contribution in [0.5, 0.6) is 0 Å². The standard InChI is InChI=1S/C18H30O4S/c1-17(11-19-17)21-13-3-7-15(8-4-13)23-16-9-5-14(6-10-16)22-18(2)12-20-18/h13-16H,3-12H2,1-2H3. The number of rotatable bonds is 6. The third-order valence-electron chi connectivity index (χ3n) is 5.56. The Morgan fingerprint density at radius 2 is 1.04 bits per heavy atom. The lowest BCUT2D eigenvalue weighted by atomic mass is 9.96. The quantitative estimate of drug-likeness (QED) is 0.686. The molecule has 4 aliphatic rings. The van der Waals surface area contributed by atoms with Gasteiger partial charge in [-0.2, -0.15) is 11.8 Å². The van der Waals surface area contributed by atoms with E-state index >= 15 is 0 Å². The average molecular weight is 343 g/mol. The first-order valence-corrected chi connectivity index (χ1v) is 10.3. The smallest absolute Gasteiger partial charge is 0.189 e. The summed E-state index contributed by atoms with van der Waals surface area (Å²) in [5, 5.41) is 1.66. The molecule has 0 N–H and O–H groups in total. The molecular weight excluding hydrogens is 312 g/mol. The maximum atomic E-state index is 6.03. The molecule has 4 fully saturated rings. The first-order valence-electron chi connectivity index (χ1n) is 9.31. The Kier molecular flexibility index (Phi) is 4.70. The first-order chi connectivity index (χ1) is 11.0. The molecular formula is C18H30O4S. The molecule has 2 heterocycles. The van der Waals surface area contributed by atoms with E-state index in [2.05, 4.69) is 25.6 Å². The van der Waals surface area contributed by atoms with Crippen LogP contribution in [0.15, 0.2) is 0 Å². The molecule has 0 aromatic carbocycles. The van der Waals surface area contributed by atoms with Crippen LogP contribution < -0.4 is 0 Å². The highest BCUT2D eigenvalue weighted by molar-refractivity contribution is 8.00. The molecule has 0 spiro atoms. The van der Waals surface area contributed by atoms with E-state index in [1.807, 2.05) is 0 Å². The van der Waals surface area contributed by atoms with Crippen molar-refractivity contribution in [3.8, 4) is 0 Å². The summed E-state index contributed by atoms with van der Waals surface area (Å²) in [5.74, 6) is -0.490. The fourth-order valence-electron chi connectivity index (χ4n) is 3.89. The summed E-state index contributed by atoms with van der Waals surface area (Å²) >= 11 is 2.24. The Labute approximate surface area is 143 Å². The van der Waals surface area contributed by atoms with Crippen molar-refractivity contribution in [2.24, 2.45) is 0 Å². The molecule has 0 radical (unpaired) electrons. The van der Waals surface area contributed by atoms with Crippen molar-refractivity contribution in [3.63, 3.8) is 0 Å². The van der Waals surface area contributed by atoms with Crippen molar-refractivity contribution >= 4 is 11.8 Å². The Morgan fingerprint density at radius 1 is 0.696 bits per heavy atom. The van der Waals surface area contributed by atoms with Crippen LogP contribution in [0.2, 0.25) is 0 Å². The van der Waals surface area contributed by atoms with Crippen LogP contribution >= 0.6 is 11.8 Å². The maximum Gasteiger partial charge on any atom is 0.189 e. The molecule has 4 rings (SSSR count). The van der Waals surface area contributed by atoms with Crippen molar-refractivity contribution in [2.45, 2.75) is 99.5 Å². The van der Waals surface area contributed by atoms with Gasteiger partial charge in [0.1, 0.15) is 13.2 Å². The third kappa shape index (κ3) is 4.63. The van der Waals surface area contributed by atoms with Crippen LogP contribution in [-0.2, 0) is 18.9 Å². The second kappa shape index (κ2) is 6.49. The number of thioether (sulfide) groups is 1. The topological polar surface area (TPSA) is 43.5 Å². The van der Waals surface area contributed by atoms with E-state index in [1.165, 1.54) is 51.4 Å². The molecule has 0 amide bonds. The van der Waals surface area contributed by atoms with Gasteiger partial charge in [-0.25, -0.2) is 0 Å².